The topological polar surface area (TPSA) is 37.3 Å². The summed E-state index contributed by atoms with van der Waals surface area (Å²) in [4.78, 5) is 10.4. The summed E-state index contributed by atoms with van der Waals surface area (Å²) in [6.07, 6.45) is 18.4. The maximum atomic E-state index is 10.4. The van der Waals surface area contributed by atoms with Crippen LogP contribution in [0.4, 0.5) is 0 Å². The highest BCUT2D eigenvalue weighted by molar-refractivity contribution is 5.66. The molecular formula is C19H34O2. The smallest absolute Gasteiger partial charge is 0.303 e. The lowest BCUT2D eigenvalue weighted by molar-refractivity contribution is -0.137. The van der Waals surface area contributed by atoms with Gasteiger partial charge in [0.15, 0.2) is 0 Å². The summed E-state index contributed by atoms with van der Waals surface area (Å²) in [5, 5.41) is 8.54. The molecule has 1 aliphatic rings. The van der Waals surface area contributed by atoms with Gasteiger partial charge in [0.05, 0.1) is 0 Å². The molecule has 2 nitrogen and oxygen atoms in total. The van der Waals surface area contributed by atoms with Crippen LogP contribution < -0.4 is 0 Å². The van der Waals surface area contributed by atoms with Crippen LogP contribution in [0.1, 0.15) is 103 Å². The van der Waals surface area contributed by atoms with Gasteiger partial charge in [0, 0.05) is 6.42 Å². The van der Waals surface area contributed by atoms with Crippen molar-refractivity contribution in [2.24, 2.45) is 0 Å². The van der Waals surface area contributed by atoms with E-state index in [-0.39, 0.29) is 0 Å². The molecule has 1 rings (SSSR count). The Hall–Kier alpha value is -0.790. The lowest BCUT2D eigenvalue weighted by Crippen LogP contribution is -1.93. The first-order valence-electron chi connectivity index (χ1n) is 9.15. The summed E-state index contributed by atoms with van der Waals surface area (Å²) in [5.41, 5.74) is 3.55. The van der Waals surface area contributed by atoms with E-state index in [9.17, 15) is 4.79 Å². The van der Waals surface area contributed by atoms with Crippen LogP contribution in [0.3, 0.4) is 0 Å². The number of hydrogen-bond donors (Lipinski definition) is 1. The molecule has 1 aliphatic carbocycles. The van der Waals surface area contributed by atoms with Crippen molar-refractivity contribution in [3.63, 3.8) is 0 Å². The first-order valence-corrected chi connectivity index (χ1v) is 9.15. The van der Waals surface area contributed by atoms with Gasteiger partial charge in [-0.25, -0.2) is 0 Å². The highest BCUT2D eigenvalue weighted by Gasteiger charge is 2.19. The first kappa shape index (κ1) is 18.3. The van der Waals surface area contributed by atoms with Gasteiger partial charge >= 0.3 is 5.97 Å². The molecule has 0 saturated carbocycles. The van der Waals surface area contributed by atoms with Gasteiger partial charge in [0.1, 0.15) is 0 Å². The van der Waals surface area contributed by atoms with Crippen LogP contribution in [-0.2, 0) is 4.79 Å². The van der Waals surface area contributed by atoms with E-state index in [0.717, 1.165) is 12.8 Å². The second-order valence-corrected chi connectivity index (χ2v) is 6.56. The zero-order chi connectivity index (χ0) is 15.3. The average molecular weight is 294 g/mol. The lowest BCUT2D eigenvalue weighted by Gasteiger charge is -2.00. The third kappa shape index (κ3) is 10.6. The Labute approximate surface area is 131 Å². The number of aliphatic carboxylic acids is 1. The van der Waals surface area contributed by atoms with Gasteiger partial charge in [0.25, 0.3) is 0 Å². The highest BCUT2D eigenvalue weighted by Crippen LogP contribution is 2.38. The Kier molecular flexibility index (Phi) is 10.3. The van der Waals surface area contributed by atoms with E-state index < -0.39 is 5.97 Å². The maximum Gasteiger partial charge on any atom is 0.303 e. The fourth-order valence-corrected chi connectivity index (χ4v) is 3.01. The van der Waals surface area contributed by atoms with Crippen molar-refractivity contribution in [3.05, 3.63) is 11.1 Å². The quantitative estimate of drug-likeness (QED) is 0.286. The molecule has 0 radical (unpaired) electrons. The average Bonchev–Trinajstić information content (AvgIpc) is 3.20. The fraction of sp³-hybridized carbons (Fsp3) is 0.842. The molecule has 0 fully saturated rings. The summed E-state index contributed by atoms with van der Waals surface area (Å²) in [5.74, 6) is -0.654. The van der Waals surface area contributed by atoms with Gasteiger partial charge < -0.3 is 5.11 Å². The highest BCUT2D eigenvalue weighted by atomic mass is 16.4. The van der Waals surface area contributed by atoms with Crippen LogP contribution in [0.15, 0.2) is 11.1 Å². The van der Waals surface area contributed by atoms with E-state index in [1.165, 1.54) is 77.0 Å². The third-order valence-electron chi connectivity index (χ3n) is 4.50. The van der Waals surface area contributed by atoms with Crippen molar-refractivity contribution >= 4 is 5.97 Å². The van der Waals surface area contributed by atoms with Gasteiger partial charge in [-0.2, -0.15) is 0 Å². The van der Waals surface area contributed by atoms with Crippen LogP contribution in [0.2, 0.25) is 0 Å². The van der Waals surface area contributed by atoms with Crippen LogP contribution >= 0.6 is 0 Å². The monoisotopic (exact) mass is 294 g/mol. The Morgan fingerprint density at radius 1 is 0.810 bits per heavy atom. The summed E-state index contributed by atoms with van der Waals surface area (Å²) in [7, 11) is 0. The number of carbonyl (C=O) groups is 1. The van der Waals surface area contributed by atoms with Gasteiger partial charge in [-0.15, -0.1) is 0 Å². The molecule has 0 amide bonds. The van der Waals surface area contributed by atoms with Crippen molar-refractivity contribution in [2.75, 3.05) is 0 Å². The van der Waals surface area contributed by atoms with Gasteiger partial charge in [-0.1, -0.05) is 69.4 Å². The minimum atomic E-state index is -0.654. The molecule has 0 aromatic heterocycles. The summed E-state index contributed by atoms with van der Waals surface area (Å²) < 4.78 is 0. The summed E-state index contributed by atoms with van der Waals surface area (Å²) in [6, 6.07) is 0. The normalized spacial score (nSPS) is 13.8. The van der Waals surface area contributed by atoms with E-state index in [2.05, 4.69) is 6.92 Å². The van der Waals surface area contributed by atoms with E-state index in [1.54, 1.807) is 11.1 Å². The van der Waals surface area contributed by atoms with Crippen LogP contribution in [0.5, 0.6) is 0 Å². The number of carboxylic acids is 1. The molecule has 0 atom stereocenters. The van der Waals surface area contributed by atoms with Crippen molar-refractivity contribution in [3.8, 4) is 0 Å². The van der Waals surface area contributed by atoms with Crippen LogP contribution in [0.25, 0.3) is 0 Å². The molecule has 21 heavy (non-hydrogen) atoms. The summed E-state index contributed by atoms with van der Waals surface area (Å²) >= 11 is 0. The van der Waals surface area contributed by atoms with E-state index >= 15 is 0 Å². The van der Waals surface area contributed by atoms with Gasteiger partial charge in [0.2, 0.25) is 0 Å². The lowest BCUT2D eigenvalue weighted by atomic mass is 10.1. The molecular weight excluding hydrogens is 260 g/mol. The van der Waals surface area contributed by atoms with Crippen LogP contribution in [-0.4, -0.2) is 11.1 Å². The predicted molar refractivity (Wildman–Crippen MR) is 89.6 cm³/mol. The Balaban J connectivity index is 1.81. The molecule has 0 spiro atoms. The Bertz CT molecular complexity index is 318. The molecule has 0 aromatic carbocycles. The Morgan fingerprint density at radius 2 is 1.29 bits per heavy atom. The second-order valence-electron chi connectivity index (χ2n) is 6.56. The van der Waals surface area contributed by atoms with Gasteiger partial charge in [-0.05, 0) is 38.5 Å². The second kappa shape index (κ2) is 11.8. The predicted octanol–water partition coefficient (Wildman–Crippen LogP) is 6.25. The maximum absolute atomic E-state index is 10.4. The number of carboxylic acid groups (broad SMARTS) is 1. The summed E-state index contributed by atoms with van der Waals surface area (Å²) in [6.45, 7) is 2.27. The number of allylic oxidation sites excluding steroid dienone is 2. The number of hydrogen-bond acceptors (Lipinski definition) is 1. The number of rotatable bonds is 15. The molecule has 0 bridgehead atoms. The van der Waals surface area contributed by atoms with Crippen molar-refractivity contribution < 1.29 is 9.90 Å². The first-order chi connectivity index (χ1) is 10.2. The standard InChI is InChI=1S/C19H34O2/c1-2-3-4-10-13-17-16-18(17)14-11-8-6-5-7-9-12-15-19(20)21/h2-16H2,1H3,(H,20,21). The Morgan fingerprint density at radius 3 is 1.81 bits per heavy atom. The van der Waals surface area contributed by atoms with E-state index in [1.807, 2.05) is 0 Å². The van der Waals surface area contributed by atoms with Gasteiger partial charge in [-0.3, -0.25) is 4.79 Å². The van der Waals surface area contributed by atoms with Crippen molar-refractivity contribution in [1.29, 1.82) is 0 Å². The molecule has 0 saturated heterocycles. The molecule has 0 heterocycles. The number of unbranched alkanes of at least 4 members (excludes halogenated alkanes) is 9. The minimum absolute atomic E-state index is 0.342. The zero-order valence-corrected chi connectivity index (χ0v) is 14.0. The molecule has 2 heteroatoms. The van der Waals surface area contributed by atoms with E-state index in [0.29, 0.717) is 6.42 Å². The third-order valence-corrected chi connectivity index (χ3v) is 4.50. The molecule has 0 aromatic rings. The molecule has 0 aliphatic heterocycles. The van der Waals surface area contributed by atoms with Crippen LogP contribution in [0, 0.1) is 0 Å². The minimum Gasteiger partial charge on any atom is -0.481 e. The SMILES string of the molecule is CCCCCCC1=C(CCCCCCCCCC(=O)O)C1. The zero-order valence-electron chi connectivity index (χ0n) is 14.0. The largest absolute Gasteiger partial charge is 0.481 e. The molecule has 1 N–H and O–H groups in total. The van der Waals surface area contributed by atoms with Crippen molar-refractivity contribution in [1.82, 2.24) is 0 Å². The van der Waals surface area contributed by atoms with E-state index in [4.69, 9.17) is 5.11 Å². The molecule has 0 unspecified atom stereocenters. The molecule has 122 valence electrons. The van der Waals surface area contributed by atoms with Crippen molar-refractivity contribution in [2.45, 2.75) is 103 Å². The fourth-order valence-electron chi connectivity index (χ4n) is 3.01.